The zero-order chi connectivity index (χ0) is 21.1. The predicted molar refractivity (Wildman–Crippen MR) is 111 cm³/mol. The third kappa shape index (κ3) is 4.68. The van der Waals surface area contributed by atoms with Crippen molar-refractivity contribution in [1.82, 2.24) is 9.80 Å². The van der Waals surface area contributed by atoms with Crippen molar-refractivity contribution in [1.29, 1.82) is 0 Å². The van der Waals surface area contributed by atoms with Crippen LogP contribution >= 0.6 is 0 Å². The van der Waals surface area contributed by atoms with Gasteiger partial charge in [-0.25, -0.2) is 4.39 Å². The quantitative estimate of drug-likeness (QED) is 0.840. The standard InChI is InChI=1S/C23H26FN3O3/c1-17(28)27-14-21(22(29)25-20-9-5-8-19(24)12-20)30-23(16-27)10-11-26(15-23)13-18-6-3-2-4-7-18/h2-9,12,21H,10-11,13-16H2,1H3,(H,25,29)/t21-,23+/m0/s1. The normalized spacial score (nSPS) is 24.2. The zero-order valence-corrected chi connectivity index (χ0v) is 17.0. The molecule has 1 N–H and O–H groups in total. The van der Waals surface area contributed by atoms with Gasteiger partial charge in [0.1, 0.15) is 11.4 Å². The molecule has 2 aromatic carbocycles. The maximum atomic E-state index is 13.4. The van der Waals surface area contributed by atoms with E-state index >= 15 is 0 Å². The first-order valence-electron chi connectivity index (χ1n) is 10.2. The highest BCUT2D eigenvalue weighted by Crippen LogP contribution is 2.33. The third-order valence-electron chi connectivity index (χ3n) is 5.73. The van der Waals surface area contributed by atoms with Gasteiger partial charge in [-0.2, -0.15) is 0 Å². The number of rotatable bonds is 4. The van der Waals surface area contributed by atoms with Crippen LogP contribution in [0.25, 0.3) is 0 Å². The molecular formula is C23H26FN3O3. The van der Waals surface area contributed by atoms with E-state index in [0.29, 0.717) is 18.8 Å². The maximum absolute atomic E-state index is 13.4. The molecule has 2 amide bonds. The Morgan fingerprint density at radius 3 is 2.70 bits per heavy atom. The number of amides is 2. The lowest BCUT2D eigenvalue weighted by Crippen LogP contribution is -2.60. The molecule has 7 heteroatoms. The van der Waals surface area contributed by atoms with Gasteiger partial charge in [-0.3, -0.25) is 14.5 Å². The van der Waals surface area contributed by atoms with Crippen molar-refractivity contribution < 1.29 is 18.7 Å². The number of anilines is 1. The van der Waals surface area contributed by atoms with Crippen LogP contribution in [0.2, 0.25) is 0 Å². The molecule has 1 spiro atoms. The van der Waals surface area contributed by atoms with Crippen molar-refractivity contribution in [2.45, 2.75) is 31.6 Å². The third-order valence-corrected chi connectivity index (χ3v) is 5.73. The van der Waals surface area contributed by atoms with Crippen molar-refractivity contribution in [2.75, 3.05) is 31.5 Å². The van der Waals surface area contributed by atoms with E-state index in [1.165, 1.54) is 30.7 Å². The lowest BCUT2D eigenvalue weighted by molar-refractivity contribution is -0.171. The van der Waals surface area contributed by atoms with Crippen LogP contribution in [0, 0.1) is 5.82 Å². The number of nitrogens with one attached hydrogen (secondary N) is 1. The number of likely N-dealkylation sites (tertiary alicyclic amines) is 1. The molecular weight excluding hydrogens is 385 g/mol. The molecule has 6 nitrogen and oxygen atoms in total. The van der Waals surface area contributed by atoms with Crippen LogP contribution in [0.3, 0.4) is 0 Å². The van der Waals surface area contributed by atoms with Gasteiger partial charge in [-0.05, 0) is 30.2 Å². The molecule has 2 saturated heterocycles. The van der Waals surface area contributed by atoms with Crippen molar-refractivity contribution in [3.8, 4) is 0 Å². The van der Waals surface area contributed by atoms with Crippen LogP contribution in [-0.2, 0) is 20.9 Å². The second-order valence-electron chi connectivity index (χ2n) is 8.13. The first-order chi connectivity index (χ1) is 14.4. The van der Waals surface area contributed by atoms with Crippen LogP contribution in [0.1, 0.15) is 18.9 Å². The number of hydrogen-bond acceptors (Lipinski definition) is 4. The molecule has 0 unspecified atom stereocenters. The van der Waals surface area contributed by atoms with Gasteiger partial charge in [0, 0.05) is 32.2 Å². The fourth-order valence-electron chi connectivity index (χ4n) is 4.28. The summed E-state index contributed by atoms with van der Waals surface area (Å²) < 4.78 is 19.8. The van der Waals surface area contributed by atoms with Crippen molar-refractivity contribution in [3.05, 3.63) is 66.0 Å². The molecule has 30 heavy (non-hydrogen) atoms. The highest BCUT2D eigenvalue weighted by atomic mass is 19.1. The number of carbonyl (C=O) groups excluding carboxylic acids is 2. The second-order valence-corrected chi connectivity index (χ2v) is 8.13. The van der Waals surface area contributed by atoms with Crippen LogP contribution in [-0.4, -0.2) is 59.5 Å². The van der Waals surface area contributed by atoms with E-state index < -0.39 is 17.5 Å². The number of hydrogen-bond donors (Lipinski definition) is 1. The summed E-state index contributed by atoms with van der Waals surface area (Å²) in [5.74, 6) is -0.873. The number of ether oxygens (including phenoxy) is 1. The average Bonchev–Trinajstić information content (AvgIpc) is 3.09. The number of nitrogens with zero attached hydrogens (tertiary/aromatic N) is 2. The summed E-state index contributed by atoms with van der Waals surface area (Å²) in [6.45, 7) is 4.45. The molecule has 2 heterocycles. The summed E-state index contributed by atoms with van der Waals surface area (Å²) in [5.41, 5.74) is 1.01. The molecule has 2 atom stereocenters. The van der Waals surface area contributed by atoms with Crippen LogP contribution in [0.4, 0.5) is 10.1 Å². The van der Waals surface area contributed by atoms with Crippen LogP contribution in [0.15, 0.2) is 54.6 Å². The Balaban J connectivity index is 1.47. The van der Waals surface area contributed by atoms with E-state index in [2.05, 4.69) is 22.3 Å². The van der Waals surface area contributed by atoms with E-state index in [4.69, 9.17) is 4.74 Å². The summed E-state index contributed by atoms with van der Waals surface area (Å²) in [5, 5.41) is 2.71. The average molecular weight is 411 g/mol. The molecule has 0 bridgehead atoms. The van der Waals surface area contributed by atoms with Gasteiger partial charge in [0.2, 0.25) is 5.91 Å². The summed E-state index contributed by atoms with van der Waals surface area (Å²) in [6.07, 6.45) is -0.0597. The summed E-state index contributed by atoms with van der Waals surface area (Å²) in [6, 6.07) is 15.9. The Morgan fingerprint density at radius 2 is 1.97 bits per heavy atom. The lowest BCUT2D eigenvalue weighted by Gasteiger charge is -2.43. The highest BCUT2D eigenvalue weighted by Gasteiger charge is 2.48. The molecule has 2 aliphatic rings. The minimum Gasteiger partial charge on any atom is -0.357 e. The minimum atomic E-state index is -0.803. The van der Waals surface area contributed by atoms with Crippen molar-refractivity contribution >= 4 is 17.5 Å². The molecule has 2 aliphatic heterocycles. The molecule has 158 valence electrons. The first-order valence-corrected chi connectivity index (χ1v) is 10.2. The largest absolute Gasteiger partial charge is 0.357 e. The predicted octanol–water partition coefficient (Wildman–Crippen LogP) is 2.66. The Hall–Kier alpha value is -2.77. The number of halogens is 1. The molecule has 0 radical (unpaired) electrons. The van der Waals surface area contributed by atoms with Gasteiger partial charge in [-0.15, -0.1) is 0 Å². The molecule has 4 rings (SSSR count). The summed E-state index contributed by atoms with van der Waals surface area (Å²) in [4.78, 5) is 29.0. The molecule has 0 aliphatic carbocycles. The smallest absolute Gasteiger partial charge is 0.255 e. The van der Waals surface area contributed by atoms with Crippen LogP contribution in [0.5, 0.6) is 0 Å². The number of carbonyl (C=O) groups is 2. The molecule has 0 saturated carbocycles. The Morgan fingerprint density at radius 1 is 1.17 bits per heavy atom. The minimum absolute atomic E-state index is 0.0808. The fourth-order valence-corrected chi connectivity index (χ4v) is 4.28. The van der Waals surface area contributed by atoms with Gasteiger partial charge in [0.05, 0.1) is 13.1 Å². The van der Waals surface area contributed by atoms with E-state index in [1.807, 2.05) is 18.2 Å². The SMILES string of the molecule is CC(=O)N1C[C@@H](C(=O)Nc2cccc(F)c2)O[C@@]2(CCN(Cc3ccccc3)C2)C1. The molecule has 0 aromatic heterocycles. The zero-order valence-electron chi connectivity index (χ0n) is 17.0. The summed E-state index contributed by atoms with van der Waals surface area (Å²) >= 11 is 0. The second kappa shape index (κ2) is 8.53. The van der Waals surface area contributed by atoms with Gasteiger partial charge < -0.3 is 15.0 Å². The van der Waals surface area contributed by atoms with Crippen LogP contribution < -0.4 is 5.32 Å². The van der Waals surface area contributed by atoms with Gasteiger partial charge >= 0.3 is 0 Å². The Labute approximate surface area is 175 Å². The summed E-state index contributed by atoms with van der Waals surface area (Å²) in [7, 11) is 0. The van der Waals surface area contributed by atoms with E-state index in [9.17, 15) is 14.0 Å². The highest BCUT2D eigenvalue weighted by molar-refractivity contribution is 5.94. The number of benzene rings is 2. The topological polar surface area (TPSA) is 61.9 Å². The van der Waals surface area contributed by atoms with E-state index in [-0.39, 0.29) is 18.4 Å². The fraction of sp³-hybridized carbons (Fsp3) is 0.391. The van der Waals surface area contributed by atoms with Gasteiger partial charge in [-0.1, -0.05) is 36.4 Å². The molecule has 2 aromatic rings. The van der Waals surface area contributed by atoms with E-state index in [1.54, 1.807) is 11.0 Å². The Kier molecular flexibility index (Phi) is 5.83. The van der Waals surface area contributed by atoms with Crippen molar-refractivity contribution in [3.63, 3.8) is 0 Å². The van der Waals surface area contributed by atoms with Crippen molar-refractivity contribution in [2.24, 2.45) is 0 Å². The van der Waals surface area contributed by atoms with Gasteiger partial charge in [0.15, 0.2) is 6.10 Å². The molecule has 2 fully saturated rings. The van der Waals surface area contributed by atoms with Gasteiger partial charge in [0.25, 0.3) is 5.91 Å². The Bertz CT molecular complexity index is 923. The number of morpholine rings is 1. The monoisotopic (exact) mass is 411 g/mol. The first kappa shape index (κ1) is 20.5. The maximum Gasteiger partial charge on any atom is 0.255 e. The van der Waals surface area contributed by atoms with E-state index in [0.717, 1.165) is 19.5 Å². The lowest BCUT2D eigenvalue weighted by atomic mass is 9.98.